The first-order valence-electron chi connectivity index (χ1n) is 4.67. The molecule has 0 atom stereocenters. The second kappa shape index (κ2) is 6.65. The standard InChI is InChI=1S/C10H14N2O2S2/c1-3-9(13)11-5-15-7-12(8-16-6-11)10(14)4-2/h3-4H,1-2,5-8H2. The van der Waals surface area contributed by atoms with Crippen molar-refractivity contribution in [2.45, 2.75) is 0 Å². The van der Waals surface area contributed by atoms with Gasteiger partial charge < -0.3 is 9.80 Å². The zero-order valence-corrected chi connectivity index (χ0v) is 10.6. The van der Waals surface area contributed by atoms with Crippen molar-refractivity contribution in [1.82, 2.24) is 9.80 Å². The second-order valence-corrected chi connectivity index (χ2v) is 4.94. The highest BCUT2D eigenvalue weighted by molar-refractivity contribution is 8.00. The van der Waals surface area contributed by atoms with Crippen molar-refractivity contribution < 1.29 is 9.59 Å². The molecule has 1 saturated heterocycles. The van der Waals surface area contributed by atoms with Gasteiger partial charge >= 0.3 is 0 Å². The van der Waals surface area contributed by atoms with Crippen LogP contribution in [-0.4, -0.2) is 45.1 Å². The van der Waals surface area contributed by atoms with E-state index in [0.717, 1.165) is 0 Å². The van der Waals surface area contributed by atoms with Gasteiger partial charge in [-0.3, -0.25) is 9.59 Å². The summed E-state index contributed by atoms with van der Waals surface area (Å²) in [4.78, 5) is 26.2. The lowest BCUT2D eigenvalue weighted by Gasteiger charge is -2.28. The first-order chi connectivity index (χ1) is 7.69. The van der Waals surface area contributed by atoms with Crippen LogP contribution in [0, 0.1) is 0 Å². The second-order valence-electron chi connectivity index (χ2n) is 3.09. The van der Waals surface area contributed by atoms with Gasteiger partial charge in [0.25, 0.3) is 0 Å². The minimum atomic E-state index is -0.0662. The number of thioether (sulfide) groups is 2. The Kier molecular flexibility index (Phi) is 5.48. The van der Waals surface area contributed by atoms with Gasteiger partial charge in [0.1, 0.15) is 0 Å². The van der Waals surface area contributed by atoms with Gasteiger partial charge in [-0.25, -0.2) is 0 Å². The third-order valence-corrected chi connectivity index (χ3v) is 3.94. The van der Waals surface area contributed by atoms with E-state index in [1.807, 2.05) is 0 Å². The van der Waals surface area contributed by atoms with Crippen molar-refractivity contribution in [3.63, 3.8) is 0 Å². The van der Waals surface area contributed by atoms with Crippen LogP contribution in [0.1, 0.15) is 0 Å². The van der Waals surface area contributed by atoms with Crippen molar-refractivity contribution in [3.05, 3.63) is 25.3 Å². The molecule has 1 aliphatic heterocycles. The zero-order chi connectivity index (χ0) is 12.0. The van der Waals surface area contributed by atoms with Crippen molar-refractivity contribution in [1.29, 1.82) is 0 Å². The summed E-state index contributed by atoms with van der Waals surface area (Å²) >= 11 is 3.07. The van der Waals surface area contributed by atoms with E-state index in [-0.39, 0.29) is 11.8 Å². The Hall–Kier alpha value is -0.880. The maximum Gasteiger partial charge on any atom is 0.247 e. The van der Waals surface area contributed by atoms with E-state index in [2.05, 4.69) is 13.2 Å². The lowest BCUT2D eigenvalue weighted by molar-refractivity contribution is -0.124. The summed E-state index contributed by atoms with van der Waals surface area (Å²) in [5.41, 5.74) is 0. The van der Waals surface area contributed by atoms with E-state index >= 15 is 0 Å². The molecule has 0 N–H and O–H groups in total. The number of hydrogen-bond donors (Lipinski definition) is 0. The van der Waals surface area contributed by atoms with Crippen molar-refractivity contribution >= 4 is 35.3 Å². The quantitative estimate of drug-likeness (QED) is 0.701. The lowest BCUT2D eigenvalue weighted by atomic mass is 10.5. The van der Waals surface area contributed by atoms with Gasteiger partial charge in [-0.1, -0.05) is 13.2 Å². The minimum Gasteiger partial charge on any atom is -0.321 e. The fourth-order valence-electron chi connectivity index (χ4n) is 1.11. The summed E-state index contributed by atoms with van der Waals surface area (Å²) in [5, 5.41) is 0. The third kappa shape index (κ3) is 3.61. The van der Waals surface area contributed by atoms with Crippen LogP contribution in [-0.2, 0) is 9.59 Å². The molecule has 0 radical (unpaired) electrons. The topological polar surface area (TPSA) is 40.6 Å². The van der Waals surface area contributed by atoms with Crippen LogP contribution in [0.3, 0.4) is 0 Å². The van der Waals surface area contributed by atoms with Crippen LogP contribution in [0.2, 0.25) is 0 Å². The van der Waals surface area contributed by atoms with Crippen molar-refractivity contribution in [3.8, 4) is 0 Å². The lowest BCUT2D eigenvalue weighted by Crippen LogP contribution is -2.36. The molecular formula is C10H14N2O2S2. The Morgan fingerprint density at radius 1 is 0.875 bits per heavy atom. The number of rotatable bonds is 2. The highest BCUT2D eigenvalue weighted by Crippen LogP contribution is 2.18. The van der Waals surface area contributed by atoms with Gasteiger partial charge in [0, 0.05) is 0 Å². The zero-order valence-electron chi connectivity index (χ0n) is 8.92. The summed E-state index contributed by atoms with van der Waals surface area (Å²) in [6, 6.07) is 0. The van der Waals surface area contributed by atoms with Gasteiger partial charge in [-0.2, -0.15) is 0 Å². The normalized spacial score (nSPS) is 17.2. The van der Waals surface area contributed by atoms with Crippen LogP contribution in [0.5, 0.6) is 0 Å². The third-order valence-electron chi connectivity index (χ3n) is 1.96. The summed E-state index contributed by atoms with van der Waals surface area (Å²) in [6.07, 6.45) is 2.63. The van der Waals surface area contributed by atoms with Crippen LogP contribution in [0.25, 0.3) is 0 Å². The number of carbonyl (C=O) groups is 2. The number of carbonyl (C=O) groups excluding carboxylic acids is 2. The largest absolute Gasteiger partial charge is 0.321 e. The first-order valence-corrected chi connectivity index (χ1v) is 6.98. The minimum absolute atomic E-state index is 0.0662. The fraction of sp³-hybridized carbons (Fsp3) is 0.400. The molecule has 0 aromatic heterocycles. The molecule has 4 nitrogen and oxygen atoms in total. The van der Waals surface area contributed by atoms with E-state index in [9.17, 15) is 9.59 Å². The molecule has 0 bridgehead atoms. The van der Waals surface area contributed by atoms with Gasteiger partial charge in [0.15, 0.2) is 0 Å². The van der Waals surface area contributed by atoms with Crippen molar-refractivity contribution in [2.24, 2.45) is 0 Å². The van der Waals surface area contributed by atoms with Crippen molar-refractivity contribution in [2.75, 3.05) is 23.5 Å². The number of hydrogen-bond acceptors (Lipinski definition) is 4. The predicted octanol–water partition coefficient (Wildman–Crippen LogP) is 1.33. The van der Waals surface area contributed by atoms with Gasteiger partial charge in [0.2, 0.25) is 11.8 Å². The van der Waals surface area contributed by atoms with E-state index in [4.69, 9.17) is 0 Å². The highest BCUT2D eigenvalue weighted by atomic mass is 32.2. The fourth-order valence-corrected chi connectivity index (χ4v) is 3.26. The molecule has 1 aliphatic rings. The maximum absolute atomic E-state index is 11.4. The number of amides is 2. The average Bonchev–Trinajstić information content (AvgIpc) is 2.27. The van der Waals surface area contributed by atoms with Gasteiger partial charge in [0.05, 0.1) is 23.5 Å². The van der Waals surface area contributed by atoms with Gasteiger partial charge in [-0.15, -0.1) is 23.5 Å². The highest BCUT2D eigenvalue weighted by Gasteiger charge is 2.17. The van der Waals surface area contributed by atoms with Crippen LogP contribution < -0.4 is 0 Å². The van der Waals surface area contributed by atoms with Crippen LogP contribution in [0.4, 0.5) is 0 Å². The maximum atomic E-state index is 11.4. The molecule has 88 valence electrons. The SMILES string of the molecule is C=CC(=O)N1CSCN(C(=O)C=C)CSC1. The van der Waals surface area contributed by atoms with E-state index in [1.165, 1.54) is 35.7 Å². The molecule has 1 heterocycles. The molecule has 16 heavy (non-hydrogen) atoms. The Morgan fingerprint density at radius 3 is 1.44 bits per heavy atom. The molecule has 1 rings (SSSR count). The van der Waals surface area contributed by atoms with E-state index in [1.54, 1.807) is 9.80 Å². The molecule has 6 heteroatoms. The van der Waals surface area contributed by atoms with Crippen LogP contribution >= 0.6 is 23.5 Å². The molecule has 0 aliphatic carbocycles. The van der Waals surface area contributed by atoms with E-state index in [0.29, 0.717) is 23.5 Å². The summed E-state index contributed by atoms with van der Waals surface area (Å²) in [7, 11) is 0. The molecule has 0 unspecified atom stereocenters. The molecule has 2 amide bonds. The molecular weight excluding hydrogens is 244 g/mol. The smallest absolute Gasteiger partial charge is 0.247 e. The first kappa shape index (κ1) is 13.2. The average molecular weight is 258 g/mol. The number of nitrogens with zero attached hydrogens (tertiary/aromatic N) is 2. The summed E-state index contributed by atoms with van der Waals surface area (Å²) in [6.45, 7) is 6.92. The Balaban J connectivity index is 2.49. The molecule has 0 aromatic rings. The Morgan fingerprint density at radius 2 is 1.19 bits per heavy atom. The Labute approximate surface area is 104 Å². The molecule has 0 aromatic carbocycles. The van der Waals surface area contributed by atoms with Gasteiger partial charge in [-0.05, 0) is 12.2 Å². The van der Waals surface area contributed by atoms with Crippen LogP contribution in [0.15, 0.2) is 25.3 Å². The molecule has 0 spiro atoms. The predicted molar refractivity (Wildman–Crippen MR) is 68.7 cm³/mol. The molecule has 1 fully saturated rings. The monoisotopic (exact) mass is 258 g/mol. The van der Waals surface area contributed by atoms with E-state index < -0.39 is 0 Å². The summed E-state index contributed by atoms with van der Waals surface area (Å²) in [5.74, 6) is 2.20. The Bertz CT molecular complexity index is 269. The molecule has 0 saturated carbocycles. The summed E-state index contributed by atoms with van der Waals surface area (Å²) < 4.78 is 0.